The van der Waals surface area contributed by atoms with Crippen molar-refractivity contribution in [2.45, 2.75) is 17.4 Å². The number of nitrogens with one attached hydrogen (secondary N) is 1. The van der Waals surface area contributed by atoms with Crippen molar-refractivity contribution in [2.24, 2.45) is 0 Å². The maximum atomic E-state index is 12.7. The highest BCUT2D eigenvalue weighted by Gasteiger charge is 2.08. The molecule has 6 heteroatoms. The molecule has 0 saturated heterocycles. The Morgan fingerprint density at radius 2 is 1.71 bits per heavy atom. The van der Waals surface area contributed by atoms with Gasteiger partial charge < -0.3 is 10.1 Å². The number of hydrogen-bond acceptors (Lipinski definition) is 5. The van der Waals surface area contributed by atoms with Crippen LogP contribution in [0.15, 0.2) is 102 Å². The van der Waals surface area contributed by atoms with Gasteiger partial charge in [0.05, 0.1) is 6.20 Å². The van der Waals surface area contributed by atoms with Gasteiger partial charge in [0, 0.05) is 29.4 Å². The van der Waals surface area contributed by atoms with Crippen molar-refractivity contribution in [2.75, 3.05) is 5.32 Å². The van der Waals surface area contributed by atoms with E-state index in [0.29, 0.717) is 17.9 Å². The highest BCUT2D eigenvalue weighted by molar-refractivity contribution is 7.98. The minimum absolute atomic E-state index is 0.149. The van der Waals surface area contributed by atoms with Crippen LogP contribution in [0.2, 0.25) is 0 Å². The summed E-state index contributed by atoms with van der Waals surface area (Å²) in [6.07, 6.45) is 5.05. The Bertz CT molecular complexity index is 1120. The standard InChI is InChI=1S/C25H21N3O2S/c29-25(21-8-4-7-20(15-21)18-31-24-16-26-13-14-27-24)28-22-9-11-23(12-10-22)30-17-19-5-2-1-3-6-19/h1-16H,17-18H2,(H,28,29). The number of ether oxygens (including phenoxy) is 1. The zero-order valence-electron chi connectivity index (χ0n) is 16.8. The number of rotatable bonds is 8. The normalized spacial score (nSPS) is 10.5. The Morgan fingerprint density at radius 3 is 2.48 bits per heavy atom. The minimum atomic E-state index is -0.149. The zero-order chi connectivity index (χ0) is 21.3. The lowest BCUT2D eigenvalue weighted by molar-refractivity contribution is 0.102. The molecule has 1 amide bonds. The largest absolute Gasteiger partial charge is 0.489 e. The van der Waals surface area contributed by atoms with E-state index in [-0.39, 0.29) is 5.91 Å². The topological polar surface area (TPSA) is 64.1 Å². The molecule has 3 aromatic carbocycles. The second kappa shape index (κ2) is 10.4. The maximum Gasteiger partial charge on any atom is 0.255 e. The summed E-state index contributed by atoms with van der Waals surface area (Å²) in [4.78, 5) is 21.0. The molecule has 0 radical (unpaired) electrons. The molecule has 0 saturated carbocycles. The van der Waals surface area contributed by atoms with Crippen LogP contribution in [-0.2, 0) is 12.4 Å². The van der Waals surface area contributed by atoms with Gasteiger partial charge in [-0.15, -0.1) is 11.8 Å². The number of benzene rings is 3. The fraction of sp³-hybridized carbons (Fsp3) is 0.0800. The number of carbonyl (C=O) groups excluding carboxylic acids is 1. The van der Waals surface area contributed by atoms with E-state index in [4.69, 9.17) is 4.74 Å². The molecule has 1 N–H and O–H groups in total. The third kappa shape index (κ3) is 6.17. The zero-order valence-corrected chi connectivity index (χ0v) is 17.6. The van der Waals surface area contributed by atoms with Gasteiger partial charge in [0.2, 0.25) is 0 Å². The first kappa shape index (κ1) is 20.6. The summed E-state index contributed by atoms with van der Waals surface area (Å²) in [5, 5.41) is 3.79. The van der Waals surface area contributed by atoms with E-state index in [1.54, 1.807) is 30.4 Å². The minimum Gasteiger partial charge on any atom is -0.489 e. The van der Waals surface area contributed by atoms with Gasteiger partial charge >= 0.3 is 0 Å². The van der Waals surface area contributed by atoms with E-state index >= 15 is 0 Å². The molecular weight excluding hydrogens is 406 g/mol. The summed E-state index contributed by atoms with van der Waals surface area (Å²) in [5.74, 6) is 1.32. The van der Waals surface area contributed by atoms with Crippen molar-refractivity contribution in [3.63, 3.8) is 0 Å². The van der Waals surface area contributed by atoms with E-state index < -0.39 is 0 Å². The first-order valence-electron chi connectivity index (χ1n) is 9.82. The van der Waals surface area contributed by atoms with Gasteiger partial charge in [0.15, 0.2) is 0 Å². The van der Waals surface area contributed by atoms with Crippen LogP contribution < -0.4 is 10.1 Å². The van der Waals surface area contributed by atoms with E-state index in [9.17, 15) is 4.79 Å². The molecule has 1 heterocycles. The lowest BCUT2D eigenvalue weighted by Crippen LogP contribution is -2.12. The van der Waals surface area contributed by atoms with Crippen LogP contribution >= 0.6 is 11.8 Å². The number of anilines is 1. The molecule has 154 valence electrons. The Kier molecular flexibility index (Phi) is 6.92. The fourth-order valence-electron chi connectivity index (χ4n) is 2.90. The molecule has 0 aliphatic heterocycles. The number of carbonyl (C=O) groups is 1. The highest BCUT2D eigenvalue weighted by Crippen LogP contribution is 2.21. The molecule has 4 aromatic rings. The monoisotopic (exact) mass is 427 g/mol. The Hall–Kier alpha value is -3.64. The van der Waals surface area contributed by atoms with Gasteiger partial charge in [-0.3, -0.25) is 9.78 Å². The van der Waals surface area contributed by atoms with Crippen molar-refractivity contribution >= 4 is 23.4 Å². The molecule has 5 nitrogen and oxygen atoms in total. The van der Waals surface area contributed by atoms with Gasteiger partial charge in [-0.05, 0) is 47.5 Å². The predicted molar refractivity (Wildman–Crippen MR) is 123 cm³/mol. The third-order valence-electron chi connectivity index (χ3n) is 4.48. The van der Waals surface area contributed by atoms with Crippen molar-refractivity contribution in [1.29, 1.82) is 0 Å². The fourth-order valence-corrected chi connectivity index (χ4v) is 3.66. The lowest BCUT2D eigenvalue weighted by Gasteiger charge is -2.09. The van der Waals surface area contributed by atoms with Crippen LogP contribution in [0.1, 0.15) is 21.5 Å². The first-order valence-corrected chi connectivity index (χ1v) is 10.8. The van der Waals surface area contributed by atoms with Crippen LogP contribution in [-0.4, -0.2) is 15.9 Å². The van der Waals surface area contributed by atoms with Gasteiger partial charge in [0.25, 0.3) is 5.91 Å². The Labute approximate surface area is 185 Å². The van der Waals surface area contributed by atoms with Crippen molar-refractivity contribution in [3.05, 3.63) is 114 Å². The number of amides is 1. The summed E-state index contributed by atoms with van der Waals surface area (Å²) >= 11 is 1.58. The molecule has 0 spiro atoms. The summed E-state index contributed by atoms with van der Waals surface area (Å²) in [7, 11) is 0. The molecule has 0 aliphatic carbocycles. The van der Waals surface area contributed by atoms with Crippen LogP contribution in [0.25, 0.3) is 0 Å². The van der Waals surface area contributed by atoms with Gasteiger partial charge in [-0.1, -0.05) is 42.5 Å². The van der Waals surface area contributed by atoms with E-state index in [1.165, 1.54) is 0 Å². The van der Waals surface area contributed by atoms with Crippen molar-refractivity contribution in [1.82, 2.24) is 9.97 Å². The van der Waals surface area contributed by atoms with E-state index in [1.807, 2.05) is 78.9 Å². The number of hydrogen-bond donors (Lipinski definition) is 1. The van der Waals surface area contributed by atoms with E-state index in [0.717, 1.165) is 27.6 Å². The molecule has 0 aliphatic rings. The van der Waals surface area contributed by atoms with Crippen LogP contribution in [0.5, 0.6) is 5.75 Å². The molecule has 4 rings (SSSR count). The summed E-state index contributed by atoms with van der Waals surface area (Å²) in [6, 6.07) is 25.0. The van der Waals surface area contributed by atoms with E-state index in [2.05, 4.69) is 15.3 Å². The van der Waals surface area contributed by atoms with Crippen molar-refractivity contribution < 1.29 is 9.53 Å². The Balaban J connectivity index is 1.32. The van der Waals surface area contributed by atoms with Crippen LogP contribution in [0.4, 0.5) is 5.69 Å². The second-order valence-electron chi connectivity index (χ2n) is 6.79. The van der Waals surface area contributed by atoms with Gasteiger partial charge in [-0.25, -0.2) is 4.98 Å². The average Bonchev–Trinajstić information content (AvgIpc) is 2.84. The highest BCUT2D eigenvalue weighted by atomic mass is 32.2. The second-order valence-corrected chi connectivity index (χ2v) is 7.78. The predicted octanol–water partition coefficient (Wildman–Crippen LogP) is 5.60. The quantitative estimate of drug-likeness (QED) is 0.371. The lowest BCUT2D eigenvalue weighted by atomic mass is 10.1. The summed E-state index contributed by atoms with van der Waals surface area (Å²) < 4.78 is 5.79. The van der Waals surface area contributed by atoms with Crippen LogP contribution in [0.3, 0.4) is 0 Å². The summed E-state index contributed by atoms with van der Waals surface area (Å²) in [6.45, 7) is 0.506. The molecular formula is C25H21N3O2S. The number of aromatic nitrogens is 2. The smallest absolute Gasteiger partial charge is 0.255 e. The molecule has 0 unspecified atom stereocenters. The maximum absolute atomic E-state index is 12.7. The molecule has 0 bridgehead atoms. The molecule has 0 atom stereocenters. The Morgan fingerprint density at radius 1 is 0.903 bits per heavy atom. The SMILES string of the molecule is O=C(Nc1ccc(OCc2ccccc2)cc1)c1cccc(CSc2cnccn2)c1. The number of thioether (sulfide) groups is 1. The first-order chi connectivity index (χ1) is 15.3. The third-order valence-corrected chi connectivity index (χ3v) is 5.46. The molecule has 0 fully saturated rings. The van der Waals surface area contributed by atoms with Gasteiger partial charge in [0.1, 0.15) is 17.4 Å². The van der Waals surface area contributed by atoms with Crippen LogP contribution in [0, 0.1) is 0 Å². The molecule has 1 aromatic heterocycles. The number of nitrogens with zero attached hydrogens (tertiary/aromatic N) is 2. The molecule has 31 heavy (non-hydrogen) atoms. The average molecular weight is 428 g/mol. The van der Waals surface area contributed by atoms with Crippen molar-refractivity contribution in [3.8, 4) is 5.75 Å². The van der Waals surface area contributed by atoms with Gasteiger partial charge in [-0.2, -0.15) is 0 Å². The summed E-state index contributed by atoms with van der Waals surface area (Å²) in [5.41, 5.74) is 3.49.